The largest absolute Gasteiger partial charge is 0.436 e. The number of oxazole rings is 1. The number of likely N-dealkylation sites (N-methyl/N-ethyl adjacent to an activating group) is 1. The number of sulfonamides is 1. The average molecular weight is 607 g/mol. The first-order valence-corrected chi connectivity index (χ1v) is 15.3. The summed E-state index contributed by atoms with van der Waals surface area (Å²) in [6.07, 6.45) is 0.576. The predicted molar refractivity (Wildman–Crippen MR) is 146 cm³/mol. The highest BCUT2D eigenvalue weighted by molar-refractivity contribution is 7.89. The van der Waals surface area contributed by atoms with Crippen LogP contribution in [0.25, 0.3) is 10.9 Å². The molecule has 13 nitrogen and oxygen atoms in total. The first-order valence-electron chi connectivity index (χ1n) is 13.5. The summed E-state index contributed by atoms with van der Waals surface area (Å²) >= 11 is 6.05. The molecule has 220 valence electrons. The number of ether oxygens (including phenoxy) is 1. The molecular weight excluding hydrogens is 576 g/mol. The molecule has 0 spiro atoms. The molecular formula is C26H31ClN6O7S. The van der Waals surface area contributed by atoms with Crippen molar-refractivity contribution in [3.05, 3.63) is 46.6 Å². The molecule has 2 fully saturated rings. The van der Waals surface area contributed by atoms with E-state index in [4.69, 9.17) is 20.8 Å². The van der Waals surface area contributed by atoms with E-state index >= 15 is 0 Å². The zero-order valence-corrected chi connectivity index (χ0v) is 24.1. The fourth-order valence-electron chi connectivity index (χ4n) is 5.62. The molecule has 0 aliphatic carbocycles. The van der Waals surface area contributed by atoms with Crippen LogP contribution in [0.3, 0.4) is 0 Å². The molecule has 3 aromatic rings. The summed E-state index contributed by atoms with van der Waals surface area (Å²) in [4.78, 5) is 36.6. The van der Waals surface area contributed by atoms with Crippen LogP contribution in [0.2, 0.25) is 5.02 Å². The van der Waals surface area contributed by atoms with Crippen molar-refractivity contribution in [2.75, 3.05) is 59.5 Å². The van der Waals surface area contributed by atoms with Crippen molar-refractivity contribution >= 4 is 44.3 Å². The number of benzene rings is 1. The van der Waals surface area contributed by atoms with Crippen molar-refractivity contribution < 1.29 is 32.4 Å². The zero-order chi connectivity index (χ0) is 28.9. The summed E-state index contributed by atoms with van der Waals surface area (Å²) < 4.78 is 40.5. The Morgan fingerprint density at radius 3 is 2.68 bits per heavy atom. The van der Waals surface area contributed by atoms with Crippen molar-refractivity contribution in [1.29, 1.82) is 0 Å². The first kappa shape index (κ1) is 28.0. The third kappa shape index (κ3) is 5.30. The number of aromatic nitrogens is 2. The van der Waals surface area contributed by atoms with Gasteiger partial charge in [0.15, 0.2) is 5.03 Å². The summed E-state index contributed by atoms with van der Waals surface area (Å²) in [6.45, 7) is 2.86. The number of carbonyl (C=O) groups is 2. The molecule has 1 atom stereocenters. The van der Waals surface area contributed by atoms with E-state index in [9.17, 15) is 23.2 Å². The summed E-state index contributed by atoms with van der Waals surface area (Å²) in [5, 5.41) is 11.3. The Hall–Kier alpha value is -3.17. The SMILES string of the molecule is CN1CCc2nc(C(=O)N3CCN(S(=O)(=O)c4cc5ccc(Cl)cc5n4O)CC3CC(=O)N3CCOCC3)oc2C1. The van der Waals surface area contributed by atoms with Gasteiger partial charge in [0.2, 0.25) is 5.91 Å². The van der Waals surface area contributed by atoms with Crippen LogP contribution in [-0.2, 0) is 32.5 Å². The normalized spacial score (nSPS) is 20.9. The molecule has 41 heavy (non-hydrogen) atoms. The number of carbonyl (C=O) groups excluding carboxylic acids is 2. The third-order valence-electron chi connectivity index (χ3n) is 7.90. The second-order valence-corrected chi connectivity index (χ2v) is 12.9. The Morgan fingerprint density at radius 2 is 1.90 bits per heavy atom. The summed E-state index contributed by atoms with van der Waals surface area (Å²) in [6, 6.07) is 5.30. The van der Waals surface area contributed by atoms with Crippen molar-refractivity contribution in [3.8, 4) is 0 Å². The minimum atomic E-state index is -4.21. The van der Waals surface area contributed by atoms with Crippen LogP contribution < -0.4 is 0 Å². The van der Waals surface area contributed by atoms with Gasteiger partial charge < -0.3 is 24.2 Å². The van der Waals surface area contributed by atoms with Crippen LogP contribution in [0, 0.1) is 0 Å². The van der Waals surface area contributed by atoms with E-state index in [0.717, 1.165) is 12.2 Å². The van der Waals surface area contributed by atoms with Gasteiger partial charge >= 0.3 is 5.91 Å². The topological polar surface area (TPSA) is 142 Å². The number of hydrogen-bond acceptors (Lipinski definition) is 9. The molecule has 2 aromatic heterocycles. The number of piperazine rings is 1. The van der Waals surface area contributed by atoms with Crippen LogP contribution in [0.4, 0.5) is 0 Å². The van der Waals surface area contributed by atoms with Gasteiger partial charge in [0, 0.05) is 62.5 Å². The Morgan fingerprint density at radius 1 is 1.12 bits per heavy atom. The van der Waals surface area contributed by atoms with Crippen LogP contribution in [0.15, 0.2) is 33.7 Å². The summed E-state index contributed by atoms with van der Waals surface area (Å²) in [5.41, 5.74) is 0.993. The zero-order valence-electron chi connectivity index (χ0n) is 22.5. The van der Waals surface area contributed by atoms with Crippen molar-refractivity contribution in [1.82, 2.24) is 28.7 Å². The molecule has 1 aromatic carbocycles. The second-order valence-electron chi connectivity index (χ2n) is 10.6. The van der Waals surface area contributed by atoms with Crippen LogP contribution in [0.1, 0.15) is 28.6 Å². The van der Waals surface area contributed by atoms with Gasteiger partial charge in [0.1, 0.15) is 5.76 Å². The van der Waals surface area contributed by atoms with Crippen LogP contribution in [-0.4, -0.2) is 120 Å². The van der Waals surface area contributed by atoms with E-state index in [2.05, 4.69) is 9.88 Å². The van der Waals surface area contributed by atoms with Gasteiger partial charge in [-0.2, -0.15) is 9.04 Å². The van der Waals surface area contributed by atoms with Crippen LogP contribution >= 0.6 is 11.6 Å². The average Bonchev–Trinajstić information content (AvgIpc) is 3.54. The van der Waals surface area contributed by atoms with E-state index in [1.807, 2.05) is 7.05 Å². The van der Waals surface area contributed by atoms with Crippen LogP contribution in [0.5, 0.6) is 0 Å². The lowest BCUT2D eigenvalue weighted by atomic mass is 10.1. The van der Waals surface area contributed by atoms with Crippen molar-refractivity contribution in [2.24, 2.45) is 0 Å². The van der Waals surface area contributed by atoms with Gasteiger partial charge in [-0.15, -0.1) is 0 Å². The highest BCUT2D eigenvalue weighted by Crippen LogP contribution is 2.29. The van der Waals surface area contributed by atoms with Gasteiger partial charge in [-0.1, -0.05) is 17.7 Å². The monoisotopic (exact) mass is 606 g/mol. The van der Waals surface area contributed by atoms with Gasteiger partial charge in [-0.3, -0.25) is 14.5 Å². The lowest BCUT2D eigenvalue weighted by Crippen LogP contribution is -2.58. The number of hydrogen-bond donors (Lipinski definition) is 1. The van der Waals surface area contributed by atoms with Crippen molar-refractivity contribution in [3.63, 3.8) is 0 Å². The molecule has 0 saturated carbocycles. The van der Waals surface area contributed by atoms with E-state index in [1.165, 1.54) is 21.3 Å². The number of fused-ring (bicyclic) bond motifs is 2. The molecule has 1 N–H and O–H groups in total. The highest BCUT2D eigenvalue weighted by Gasteiger charge is 2.41. The molecule has 15 heteroatoms. The van der Waals surface area contributed by atoms with E-state index in [1.54, 1.807) is 17.0 Å². The molecule has 2 amide bonds. The van der Waals surface area contributed by atoms with Gasteiger partial charge in [0.05, 0.1) is 37.0 Å². The molecule has 1 unspecified atom stereocenters. The van der Waals surface area contributed by atoms with Gasteiger partial charge in [-0.25, -0.2) is 13.4 Å². The number of rotatable bonds is 5. The Bertz CT molecular complexity index is 1600. The standard InChI is InChI=1S/C26H31ClN6O7S/c1-29-5-4-20-22(16-29)40-25(28-20)26(35)32-7-6-31(15-19(32)14-23(34)30-8-10-39-11-9-30)41(37,38)24-12-17-2-3-18(27)13-21(17)33(24)36/h2-3,12-13,19,36H,4-11,14-16H2,1H3. The quantitative estimate of drug-likeness (QED) is 0.425. The van der Waals surface area contributed by atoms with Gasteiger partial charge in [-0.05, 0) is 25.2 Å². The first-order chi connectivity index (χ1) is 19.6. The number of nitrogens with zero attached hydrogens (tertiary/aromatic N) is 6. The Balaban J connectivity index is 1.28. The molecule has 3 aliphatic rings. The predicted octanol–water partition coefficient (Wildman–Crippen LogP) is 1.27. The maximum Gasteiger partial charge on any atom is 0.310 e. The number of amides is 2. The molecule has 5 heterocycles. The molecule has 0 radical (unpaired) electrons. The number of halogens is 1. The maximum absolute atomic E-state index is 13.8. The fourth-order valence-corrected chi connectivity index (χ4v) is 7.33. The van der Waals surface area contributed by atoms with E-state index < -0.39 is 22.0 Å². The number of morpholine rings is 1. The minimum Gasteiger partial charge on any atom is -0.436 e. The Labute approximate surface area is 241 Å². The van der Waals surface area contributed by atoms with E-state index in [0.29, 0.717) is 60.2 Å². The summed E-state index contributed by atoms with van der Waals surface area (Å²) in [7, 11) is -2.25. The lowest BCUT2D eigenvalue weighted by molar-refractivity contribution is -0.136. The molecule has 0 bridgehead atoms. The van der Waals surface area contributed by atoms with Crippen molar-refractivity contribution in [2.45, 2.75) is 30.5 Å². The van der Waals surface area contributed by atoms with Gasteiger partial charge in [0.25, 0.3) is 15.9 Å². The third-order valence-corrected chi connectivity index (χ3v) is 9.96. The summed E-state index contributed by atoms with van der Waals surface area (Å²) in [5.74, 6) is -0.0997. The molecule has 6 rings (SSSR count). The smallest absolute Gasteiger partial charge is 0.310 e. The highest BCUT2D eigenvalue weighted by atomic mass is 35.5. The molecule has 2 saturated heterocycles. The second kappa shape index (κ2) is 10.9. The Kier molecular flexibility index (Phi) is 7.44. The molecule has 3 aliphatic heterocycles. The van der Waals surface area contributed by atoms with E-state index in [-0.39, 0.29) is 48.4 Å². The fraction of sp³-hybridized carbons (Fsp3) is 0.500. The maximum atomic E-state index is 13.8. The minimum absolute atomic E-state index is 0.0174. The lowest BCUT2D eigenvalue weighted by Gasteiger charge is -2.40.